The van der Waals surface area contributed by atoms with Crippen LogP contribution < -0.4 is 5.43 Å². The van der Waals surface area contributed by atoms with Gasteiger partial charge in [0.25, 0.3) is 5.91 Å². The molecule has 2 heterocycles. The molecule has 166 valence electrons. The molecule has 9 heteroatoms. The van der Waals surface area contributed by atoms with E-state index in [1.807, 2.05) is 12.1 Å². The van der Waals surface area contributed by atoms with Gasteiger partial charge in [0, 0.05) is 23.3 Å². The van der Waals surface area contributed by atoms with Gasteiger partial charge in [0.05, 0.1) is 17.3 Å². The van der Waals surface area contributed by atoms with E-state index in [1.54, 1.807) is 24.0 Å². The molecule has 1 aliphatic heterocycles. The van der Waals surface area contributed by atoms with Gasteiger partial charge in [-0.2, -0.15) is 18.3 Å². The summed E-state index contributed by atoms with van der Waals surface area (Å²) in [7, 11) is 0. The molecule has 32 heavy (non-hydrogen) atoms. The zero-order chi connectivity index (χ0) is 23.0. The molecule has 0 bridgehead atoms. The molecule has 0 radical (unpaired) electrons. The maximum atomic E-state index is 13.3. The smallest absolute Gasteiger partial charge is 0.330 e. The lowest BCUT2D eigenvalue weighted by atomic mass is 10.0. The van der Waals surface area contributed by atoms with Gasteiger partial charge in [-0.25, -0.2) is 4.68 Å². The molecule has 2 aromatic carbocycles. The van der Waals surface area contributed by atoms with Crippen LogP contribution in [0.25, 0.3) is 5.69 Å². The van der Waals surface area contributed by atoms with E-state index in [1.165, 1.54) is 22.9 Å². The van der Waals surface area contributed by atoms with Crippen molar-refractivity contribution in [2.75, 3.05) is 6.54 Å². The number of likely N-dealkylation sites (tertiary alicyclic amines) is 1. The summed E-state index contributed by atoms with van der Waals surface area (Å²) >= 11 is 5.96. The van der Waals surface area contributed by atoms with Crippen molar-refractivity contribution >= 4 is 17.5 Å². The van der Waals surface area contributed by atoms with Crippen molar-refractivity contribution in [2.45, 2.75) is 32.0 Å². The Morgan fingerprint density at radius 3 is 2.53 bits per heavy atom. The van der Waals surface area contributed by atoms with Crippen molar-refractivity contribution in [2.24, 2.45) is 0 Å². The summed E-state index contributed by atoms with van der Waals surface area (Å²) in [5.74, 6) is -0.548. The second kappa shape index (κ2) is 8.43. The Hall–Kier alpha value is -3.13. The van der Waals surface area contributed by atoms with E-state index >= 15 is 0 Å². The Morgan fingerprint density at radius 2 is 1.84 bits per heavy atom. The van der Waals surface area contributed by atoms with Crippen LogP contribution in [0.4, 0.5) is 13.2 Å². The number of carbonyl (C=O) groups excluding carboxylic acids is 1. The van der Waals surface area contributed by atoms with Gasteiger partial charge in [0.1, 0.15) is 0 Å². The highest BCUT2D eigenvalue weighted by molar-refractivity contribution is 6.30. The third kappa shape index (κ3) is 4.27. The summed E-state index contributed by atoms with van der Waals surface area (Å²) < 4.78 is 40.6. The van der Waals surface area contributed by atoms with Gasteiger partial charge >= 0.3 is 6.18 Å². The van der Waals surface area contributed by atoms with E-state index in [4.69, 9.17) is 11.6 Å². The summed E-state index contributed by atoms with van der Waals surface area (Å²) in [6.45, 7) is 2.00. The Kier molecular flexibility index (Phi) is 5.81. The van der Waals surface area contributed by atoms with Crippen LogP contribution in [0, 0.1) is 6.92 Å². The normalized spacial score (nSPS) is 16.4. The van der Waals surface area contributed by atoms with Crippen LogP contribution in [0.1, 0.15) is 46.2 Å². The Morgan fingerprint density at radius 1 is 1.12 bits per heavy atom. The van der Waals surface area contributed by atoms with Crippen LogP contribution in [0.3, 0.4) is 0 Å². The highest BCUT2D eigenvalue weighted by Gasteiger charge is 2.33. The highest BCUT2D eigenvalue weighted by Crippen LogP contribution is 2.33. The van der Waals surface area contributed by atoms with Gasteiger partial charge in [-0.1, -0.05) is 29.8 Å². The lowest BCUT2D eigenvalue weighted by Crippen LogP contribution is -2.36. The lowest BCUT2D eigenvalue weighted by molar-refractivity contribution is -0.137. The van der Waals surface area contributed by atoms with Gasteiger partial charge in [0.15, 0.2) is 5.69 Å². The van der Waals surface area contributed by atoms with Crippen LogP contribution in [0.5, 0.6) is 0 Å². The van der Waals surface area contributed by atoms with Gasteiger partial charge in [0.2, 0.25) is 5.43 Å². The summed E-state index contributed by atoms with van der Waals surface area (Å²) in [6.07, 6.45) is -3.04. The number of rotatable bonds is 3. The molecule has 1 aromatic heterocycles. The average Bonchev–Trinajstić information content (AvgIpc) is 3.23. The number of nitrogens with zero attached hydrogens (tertiary/aromatic N) is 3. The quantitative estimate of drug-likeness (QED) is 0.539. The first kappa shape index (κ1) is 22.1. The van der Waals surface area contributed by atoms with Crippen molar-refractivity contribution in [3.63, 3.8) is 0 Å². The van der Waals surface area contributed by atoms with Gasteiger partial charge < -0.3 is 4.90 Å². The molecule has 1 unspecified atom stereocenters. The second-order valence-electron chi connectivity index (χ2n) is 7.67. The fourth-order valence-corrected chi connectivity index (χ4v) is 4.07. The molecular weight excluding hydrogens is 443 g/mol. The molecule has 0 N–H and O–H groups in total. The van der Waals surface area contributed by atoms with Crippen LogP contribution >= 0.6 is 11.6 Å². The number of hydrogen-bond donors (Lipinski definition) is 0. The maximum Gasteiger partial charge on any atom is 0.416 e. The first-order chi connectivity index (χ1) is 15.1. The van der Waals surface area contributed by atoms with Crippen LogP contribution in [-0.2, 0) is 6.18 Å². The van der Waals surface area contributed by atoms with E-state index in [2.05, 4.69) is 5.10 Å². The van der Waals surface area contributed by atoms with Crippen molar-refractivity contribution < 1.29 is 18.0 Å². The monoisotopic (exact) mass is 461 g/mol. The van der Waals surface area contributed by atoms with Crippen LogP contribution in [0.15, 0.2) is 59.4 Å². The first-order valence-corrected chi connectivity index (χ1v) is 10.4. The third-order valence-corrected chi connectivity index (χ3v) is 5.75. The largest absolute Gasteiger partial charge is 0.416 e. The predicted molar refractivity (Wildman–Crippen MR) is 114 cm³/mol. The molecule has 0 saturated carbocycles. The number of benzene rings is 2. The molecule has 0 spiro atoms. The molecule has 1 atom stereocenters. The summed E-state index contributed by atoms with van der Waals surface area (Å²) in [4.78, 5) is 27.5. The summed E-state index contributed by atoms with van der Waals surface area (Å²) in [6, 6.07) is 12.7. The maximum absolute atomic E-state index is 13.3. The topological polar surface area (TPSA) is 55.2 Å². The SMILES string of the molecule is Cc1cc(=O)c(C(=O)N2CCCC2c2ccc(Cl)cc2)nn1-c1cccc(C(F)(F)F)c1. The van der Waals surface area contributed by atoms with Gasteiger partial charge in [-0.3, -0.25) is 9.59 Å². The van der Waals surface area contributed by atoms with Crippen LogP contribution in [0.2, 0.25) is 5.02 Å². The molecule has 3 aromatic rings. The van der Waals surface area contributed by atoms with Gasteiger partial charge in [-0.05, 0) is 55.7 Å². The second-order valence-corrected chi connectivity index (χ2v) is 8.10. The molecule has 4 rings (SSSR count). The van der Waals surface area contributed by atoms with E-state index in [0.717, 1.165) is 30.5 Å². The van der Waals surface area contributed by atoms with Crippen molar-refractivity contribution in [3.8, 4) is 5.69 Å². The van der Waals surface area contributed by atoms with Crippen molar-refractivity contribution in [1.82, 2.24) is 14.7 Å². The number of amides is 1. The molecule has 1 saturated heterocycles. The molecule has 1 amide bonds. The first-order valence-electron chi connectivity index (χ1n) is 10.0. The predicted octanol–water partition coefficient (Wildman–Crippen LogP) is 5.19. The minimum absolute atomic E-state index is 0.113. The van der Waals surface area contributed by atoms with E-state index in [0.29, 0.717) is 17.3 Å². The van der Waals surface area contributed by atoms with E-state index in [9.17, 15) is 22.8 Å². The molecular formula is C23H19ClF3N3O2. The van der Waals surface area contributed by atoms with E-state index in [-0.39, 0.29) is 17.4 Å². The molecule has 0 aliphatic carbocycles. The molecule has 1 fully saturated rings. The van der Waals surface area contributed by atoms with E-state index < -0.39 is 23.1 Å². The number of aromatic nitrogens is 2. The zero-order valence-corrected chi connectivity index (χ0v) is 17.8. The number of halogens is 4. The Balaban J connectivity index is 1.72. The zero-order valence-electron chi connectivity index (χ0n) is 17.1. The number of carbonyl (C=O) groups is 1. The highest BCUT2D eigenvalue weighted by atomic mass is 35.5. The molecule has 5 nitrogen and oxygen atoms in total. The fourth-order valence-electron chi connectivity index (χ4n) is 3.95. The number of hydrogen-bond acceptors (Lipinski definition) is 3. The minimum Gasteiger partial charge on any atom is -0.330 e. The third-order valence-electron chi connectivity index (χ3n) is 5.50. The standard InChI is InChI=1S/C23H19ClF3N3O2/c1-14-12-20(31)21(28-30(14)18-5-2-4-16(13-18)23(25,26)27)22(32)29-11-3-6-19(29)15-7-9-17(24)10-8-15/h2,4-5,7-10,12-13,19H,3,6,11H2,1H3. The van der Waals surface area contributed by atoms with Crippen molar-refractivity contribution in [1.29, 1.82) is 0 Å². The van der Waals surface area contributed by atoms with Gasteiger partial charge in [-0.15, -0.1) is 0 Å². The summed E-state index contributed by atoms with van der Waals surface area (Å²) in [5.41, 5.74) is -0.411. The average molecular weight is 462 g/mol. The number of alkyl halides is 3. The summed E-state index contributed by atoms with van der Waals surface area (Å²) in [5, 5.41) is 4.75. The minimum atomic E-state index is -4.52. The Bertz CT molecular complexity index is 1220. The Labute approximate surface area is 187 Å². The number of aryl methyl sites for hydroxylation is 1. The van der Waals surface area contributed by atoms with Crippen LogP contribution in [-0.4, -0.2) is 27.1 Å². The fraction of sp³-hybridized carbons (Fsp3) is 0.261. The molecule has 1 aliphatic rings. The van der Waals surface area contributed by atoms with Crippen molar-refractivity contribution in [3.05, 3.63) is 92.4 Å². The lowest BCUT2D eigenvalue weighted by Gasteiger charge is -2.25.